The average molecular weight is 300 g/mol. The Balaban J connectivity index is 1.92. The Hall–Kier alpha value is -1.45. The summed E-state index contributed by atoms with van der Waals surface area (Å²) >= 11 is 3.26. The van der Waals surface area contributed by atoms with Crippen molar-refractivity contribution in [2.75, 3.05) is 0 Å². The van der Waals surface area contributed by atoms with Crippen LogP contribution in [0.2, 0.25) is 0 Å². The van der Waals surface area contributed by atoms with Crippen molar-refractivity contribution in [2.45, 2.75) is 26.2 Å². The summed E-state index contributed by atoms with van der Waals surface area (Å²) < 4.78 is 2.40. The molecule has 0 N–H and O–H groups in total. The molecule has 20 heavy (non-hydrogen) atoms. The predicted octanol–water partition coefficient (Wildman–Crippen LogP) is 5.49. The lowest BCUT2D eigenvalue weighted by Gasteiger charge is -2.18. The first-order valence-corrected chi connectivity index (χ1v) is 8.27. The van der Waals surface area contributed by atoms with Crippen LogP contribution in [0.15, 0.2) is 41.8 Å². The first-order chi connectivity index (χ1) is 9.45. The summed E-state index contributed by atoms with van der Waals surface area (Å²) in [6.45, 7) is 6.53. The van der Waals surface area contributed by atoms with Crippen LogP contribution in [-0.2, 0) is 5.41 Å². The van der Waals surface area contributed by atoms with Crippen LogP contribution in [0.4, 0.5) is 0 Å². The lowest BCUT2D eigenvalue weighted by Crippen LogP contribution is -2.11. The Morgan fingerprint density at radius 1 is 1.00 bits per heavy atom. The molecule has 3 heteroatoms. The summed E-state index contributed by atoms with van der Waals surface area (Å²) in [5.74, 6) is 0.124. The van der Waals surface area contributed by atoms with Crippen LogP contribution in [0.5, 0.6) is 0 Å². The van der Waals surface area contributed by atoms with E-state index in [0.717, 1.165) is 10.4 Å². The Morgan fingerprint density at radius 2 is 1.70 bits per heavy atom. The highest BCUT2D eigenvalue weighted by molar-refractivity contribution is 7.28. The molecule has 0 aliphatic rings. The zero-order valence-corrected chi connectivity index (χ0v) is 13.4. The summed E-state index contributed by atoms with van der Waals surface area (Å²) in [5, 5.41) is 2.06. The number of carbonyl (C=O) groups is 1. The maximum atomic E-state index is 12.5. The molecule has 0 saturated heterocycles. The summed E-state index contributed by atoms with van der Waals surface area (Å²) in [4.78, 5) is 13.3. The monoisotopic (exact) mass is 300 g/mol. The van der Waals surface area contributed by atoms with Crippen molar-refractivity contribution in [3.8, 4) is 0 Å². The minimum Gasteiger partial charge on any atom is -0.288 e. The van der Waals surface area contributed by atoms with Crippen molar-refractivity contribution in [3.63, 3.8) is 0 Å². The molecule has 0 fully saturated rings. The van der Waals surface area contributed by atoms with Gasteiger partial charge >= 0.3 is 0 Å². The van der Waals surface area contributed by atoms with Crippen molar-refractivity contribution >= 4 is 37.9 Å². The van der Waals surface area contributed by atoms with E-state index in [1.165, 1.54) is 15.0 Å². The van der Waals surface area contributed by atoms with E-state index in [-0.39, 0.29) is 11.2 Å². The molecule has 3 aromatic rings. The Morgan fingerprint density at radius 3 is 2.30 bits per heavy atom. The molecule has 0 unspecified atom stereocenters. The molecule has 0 atom stereocenters. The number of fused-ring (bicyclic) bond motifs is 1. The zero-order chi connectivity index (χ0) is 14.3. The summed E-state index contributed by atoms with van der Waals surface area (Å²) in [5.41, 5.74) is 2.14. The number of thiophene rings is 2. The Bertz CT molecular complexity index is 726. The van der Waals surface area contributed by atoms with Gasteiger partial charge in [0.15, 0.2) is 0 Å². The molecule has 3 rings (SSSR count). The van der Waals surface area contributed by atoms with Gasteiger partial charge in [-0.15, -0.1) is 22.7 Å². The molecule has 2 aromatic heterocycles. The van der Waals surface area contributed by atoms with Gasteiger partial charge in [-0.2, -0.15) is 0 Å². The van der Waals surface area contributed by atoms with Crippen molar-refractivity contribution in [1.29, 1.82) is 0 Å². The maximum absolute atomic E-state index is 12.5. The minimum atomic E-state index is 0.118. The topological polar surface area (TPSA) is 17.1 Å². The average Bonchev–Trinajstić information content (AvgIpc) is 2.97. The van der Waals surface area contributed by atoms with E-state index in [4.69, 9.17) is 0 Å². The predicted molar refractivity (Wildman–Crippen MR) is 88.3 cm³/mol. The van der Waals surface area contributed by atoms with E-state index in [1.807, 2.05) is 18.2 Å². The number of hydrogen-bond donors (Lipinski definition) is 0. The standard InChI is InChI=1S/C17H16OS2/c1-17(2,3)12-6-4-11(5-7-12)16(18)15-10-14-13(20-15)8-9-19-14/h4-10H,1-3H3. The maximum Gasteiger partial charge on any atom is 0.203 e. The van der Waals surface area contributed by atoms with Crippen molar-refractivity contribution in [1.82, 2.24) is 0 Å². The molecule has 2 heterocycles. The molecule has 0 aliphatic heterocycles. The van der Waals surface area contributed by atoms with Crippen LogP contribution in [0, 0.1) is 0 Å². The summed E-state index contributed by atoms with van der Waals surface area (Å²) in [7, 11) is 0. The molecule has 1 nitrogen and oxygen atoms in total. The highest BCUT2D eigenvalue weighted by atomic mass is 32.1. The quantitative estimate of drug-likeness (QED) is 0.572. The Kier molecular flexibility index (Phi) is 3.27. The lowest BCUT2D eigenvalue weighted by atomic mass is 9.86. The van der Waals surface area contributed by atoms with Gasteiger partial charge in [-0.25, -0.2) is 0 Å². The van der Waals surface area contributed by atoms with Crippen molar-refractivity contribution in [2.24, 2.45) is 0 Å². The van der Waals surface area contributed by atoms with E-state index in [1.54, 1.807) is 22.7 Å². The zero-order valence-electron chi connectivity index (χ0n) is 11.8. The second-order valence-electron chi connectivity index (χ2n) is 5.92. The third kappa shape index (κ3) is 2.43. The van der Waals surface area contributed by atoms with Gasteiger partial charge in [0, 0.05) is 15.0 Å². The number of ketones is 1. The second kappa shape index (κ2) is 4.83. The van der Waals surface area contributed by atoms with E-state index in [0.29, 0.717) is 0 Å². The number of rotatable bonds is 2. The van der Waals surface area contributed by atoms with Crippen molar-refractivity contribution < 1.29 is 4.79 Å². The first kappa shape index (κ1) is 13.5. The molecule has 0 radical (unpaired) electrons. The molecule has 1 aromatic carbocycles. The fourth-order valence-electron chi connectivity index (χ4n) is 2.14. The smallest absolute Gasteiger partial charge is 0.203 e. The van der Waals surface area contributed by atoms with Crippen LogP contribution in [0.25, 0.3) is 9.40 Å². The van der Waals surface area contributed by atoms with Crippen molar-refractivity contribution in [3.05, 3.63) is 57.8 Å². The van der Waals surface area contributed by atoms with Gasteiger partial charge < -0.3 is 0 Å². The van der Waals surface area contributed by atoms with Crippen LogP contribution >= 0.6 is 22.7 Å². The summed E-state index contributed by atoms with van der Waals surface area (Å²) in [6.07, 6.45) is 0. The summed E-state index contributed by atoms with van der Waals surface area (Å²) in [6, 6.07) is 12.1. The molecular weight excluding hydrogens is 284 g/mol. The SMILES string of the molecule is CC(C)(C)c1ccc(C(=O)c2cc3sccc3s2)cc1. The number of carbonyl (C=O) groups excluding carboxylic acids is 1. The fraction of sp³-hybridized carbons (Fsp3) is 0.235. The van der Waals surface area contributed by atoms with Gasteiger partial charge in [0.1, 0.15) is 0 Å². The number of benzene rings is 1. The molecule has 0 aliphatic carbocycles. The largest absolute Gasteiger partial charge is 0.288 e. The van der Waals surface area contributed by atoms with Gasteiger partial charge in [-0.3, -0.25) is 4.79 Å². The fourth-order valence-corrected chi connectivity index (χ4v) is 4.21. The van der Waals surface area contributed by atoms with E-state index >= 15 is 0 Å². The molecule has 0 amide bonds. The normalized spacial score (nSPS) is 11.9. The highest BCUT2D eigenvalue weighted by Crippen LogP contribution is 2.31. The van der Waals surface area contributed by atoms with Gasteiger partial charge in [0.2, 0.25) is 5.78 Å². The second-order valence-corrected chi connectivity index (χ2v) is 7.95. The molecule has 0 saturated carbocycles. The molecule has 102 valence electrons. The van der Waals surface area contributed by atoms with E-state index in [2.05, 4.69) is 44.4 Å². The Labute approximate surface area is 126 Å². The van der Waals surface area contributed by atoms with Crippen LogP contribution in [0.1, 0.15) is 41.6 Å². The van der Waals surface area contributed by atoms with Crippen LogP contribution in [-0.4, -0.2) is 5.78 Å². The van der Waals surface area contributed by atoms with Gasteiger partial charge in [-0.05, 0) is 28.5 Å². The van der Waals surface area contributed by atoms with Gasteiger partial charge in [0.25, 0.3) is 0 Å². The molecule has 0 spiro atoms. The first-order valence-electron chi connectivity index (χ1n) is 6.57. The lowest BCUT2D eigenvalue weighted by molar-refractivity contribution is 0.104. The number of hydrogen-bond acceptors (Lipinski definition) is 3. The van der Waals surface area contributed by atoms with Crippen LogP contribution < -0.4 is 0 Å². The third-order valence-electron chi connectivity index (χ3n) is 3.38. The van der Waals surface area contributed by atoms with Gasteiger partial charge in [0.05, 0.1) is 4.88 Å². The third-order valence-corrected chi connectivity index (χ3v) is 5.47. The van der Waals surface area contributed by atoms with E-state index < -0.39 is 0 Å². The van der Waals surface area contributed by atoms with Gasteiger partial charge in [-0.1, -0.05) is 45.0 Å². The molecular formula is C17H16OS2. The minimum absolute atomic E-state index is 0.118. The van der Waals surface area contributed by atoms with E-state index in [9.17, 15) is 4.79 Å². The highest BCUT2D eigenvalue weighted by Gasteiger charge is 2.16. The van der Waals surface area contributed by atoms with Crippen LogP contribution in [0.3, 0.4) is 0 Å². The molecule has 0 bridgehead atoms.